The number of aliphatic carboxylic acids is 1. The minimum Gasteiger partial charge on any atom is -0.493 e. The van der Waals surface area contributed by atoms with E-state index < -0.39 is 24.0 Å². The van der Waals surface area contributed by atoms with Crippen LogP contribution in [0.15, 0.2) is 97.2 Å². The van der Waals surface area contributed by atoms with Crippen molar-refractivity contribution in [2.45, 2.75) is 90.4 Å². The van der Waals surface area contributed by atoms with Crippen LogP contribution in [0.3, 0.4) is 0 Å². The number of carbonyl (C=O) groups excluding carboxylic acids is 2. The molecule has 3 atom stereocenters. The Hall–Kier alpha value is -6.16. The molecule has 1 aromatic heterocycles. The second-order valence-electron chi connectivity index (χ2n) is 16.3. The van der Waals surface area contributed by atoms with Crippen molar-refractivity contribution in [2.75, 3.05) is 13.2 Å². The largest absolute Gasteiger partial charge is 0.493 e. The second-order valence-corrected chi connectivity index (χ2v) is 16.3. The SMILES string of the molecule is Cc1cccc(C(=O)N2Cc3cc4c(cc3C[C@H]2C(=O)N[C@@H](Cc2ccc(-c3ccnc(C)c3C)cc2)C(=O)O)OC[C@H](c2ccc(OCC3CCCCC3)cc2)O4)c1. The zero-order chi connectivity index (χ0) is 41.0. The van der Waals surface area contributed by atoms with Crippen molar-refractivity contribution in [3.8, 4) is 28.4 Å². The van der Waals surface area contributed by atoms with E-state index in [0.29, 0.717) is 29.6 Å². The highest BCUT2D eigenvalue weighted by atomic mass is 16.6. The van der Waals surface area contributed by atoms with Gasteiger partial charge in [0.15, 0.2) is 17.6 Å². The molecular weight excluding hydrogens is 743 g/mol. The Morgan fingerprint density at radius 3 is 2.41 bits per heavy atom. The second kappa shape index (κ2) is 17.4. The molecule has 0 unspecified atom stereocenters. The summed E-state index contributed by atoms with van der Waals surface area (Å²) in [4.78, 5) is 47.0. The fourth-order valence-corrected chi connectivity index (χ4v) is 8.53. The summed E-state index contributed by atoms with van der Waals surface area (Å²) < 4.78 is 18.9. The minimum atomic E-state index is -1.22. The van der Waals surface area contributed by atoms with Gasteiger partial charge < -0.3 is 29.5 Å². The number of carbonyl (C=O) groups is 3. The number of amides is 2. The summed E-state index contributed by atoms with van der Waals surface area (Å²) in [7, 11) is 0. The number of fused-ring (bicyclic) bond motifs is 2. The van der Waals surface area contributed by atoms with E-state index in [1.807, 2.05) is 99.6 Å². The molecule has 59 heavy (non-hydrogen) atoms. The lowest BCUT2D eigenvalue weighted by Gasteiger charge is -2.37. The summed E-state index contributed by atoms with van der Waals surface area (Å²) in [6.07, 6.45) is 8.03. The van der Waals surface area contributed by atoms with Gasteiger partial charge in [-0.15, -0.1) is 0 Å². The van der Waals surface area contributed by atoms with Crippen molar-refractivity contribution in [2.24, 2.45) is 5.92 Å². The van der Waals surface area contributed by atoms with Crippen molar-refractivity contribution in [1.29, 1.82) is 0 Å². The van der Waals surface area contributed by atoms with E-state index in [9.17, 15) is 19.5 Å². The number of nitrogens with one attached hydrogen (secondary N) is 1. The van der Waals surface area contributed by atoms with Crippen molar-refractivity contribution in [3.63, 3.8) is 0 Å². The Bertz CT molecular complexity index is 2340. The molecule has 0 saturated heterocycles. The summed E-state index contributed by atoms with van der Waals surface area (Å²) in [5, 5.41) is 13.1. The number of carboxylic acid groups (broad SMARTS) is 1. The summed E-state index contributed by atoms with van der Waals surface area (Å²) in [5.74, 6) is 0.581. The van der Waals surface area contributed by atoms with Gasteiger partial charge in [0.2, 0.25) is 5.91 Å². The first kappa shape index (κ1) is 39.7. The lowest BCUT2D eigenvalue weighted by molar-refractivity contribution is -0.142. The van der Waals surface area contributed by atoms with E-state index >= 15 is 0 Å². The molecule has 5 aromatic rings. The number of aryl methyl sites for hydroxylation is 2. The van der Waals surface area contributed by atoms with Crippen LogP contribution in [0.1, 0.15) is 87.6 Å². The predicted molar refractivity (Wildman–Crippen MR) is 225 cm³/mol. The predicted octanol–water partition coefficient (Wildman–Crippen LogP) is 8.52. The molecule has 1 saturated carbocycles. The first-order valence-corrected chi connectivity index (χ1v) is 20.7. The quantitative estimate of drug-likeness (QED) is 0.136. The van der Waals surface area contributed by atoms with Crippen molar-refractivity contribution in [3.05, 3.63) is 142 Å². The number of aromatic nitrogens is 1. The zero-order valence-corrected chi connectivity index (χ0v) is 33.9. The van der Waals surface area contributed by atoms with Gasteiger partial charge in [0, 0.05) is 36.8 Å². The zero-order valence-electron chi connectivity index (χ0n) is 33.9. The van der Waals surface area contributed by atoms with Gasteiger partial charge in [-0.2, -0.15) is 0 Å². The van der Waals surface area contributed by atoms with Crippen LogP contribution in [0.2, 0.25) is 0 Å². The number of ether oxygens (including phenoxy) is 3. The molecule has 0 bridgehead atoms. The van der Waals surface area contributed by atoms with Gasteiger partial charge in [-0.1, -0.05) is 73.4 Å². The molecule has 2 aliphatic heterocycles. The number of benzene rings is 4. The average molecular weight is 794 g/mol. The minimum absolute atomic E-state index is 0.0703. The lowest BCUT2D eigenvalue weighted by Crippen LogP contribution is -2.56. The van der Waals surface area contributed by atoms with Crippen LogP contribution in [0.4, 0.5) is 0 Å². The Morgan fingerprint density at radius 2 is 1.66 bits per heavy atom. The van der Waals surface area contributed by atoms with Crippen molar-refractivity contribution < 1.29 is 33.7 Å². The fourth-order valence-electron chi connectivity index (χ4n) is 8.53. The standard InChI is InChI=1S/C49H51N3O7/c1-30-8-7-11-37(22-30)48(54)52-27-39-26-45-44(58-29-46(59-45)36-16-18-40(19-17-36)57-28-34-9-5-4-6-10-34)25-38(39)24-43(52)47(53)51-42(49(55)56)23-33-12-14-35(15-13-33)41-20-21-50-32(3)31(41)2/h7-8,11-22,25-26,34,42-43,46H,4-6,9-10,23-24,27-29H2,1-3H3,(H,51,53)(H,55,56)/t42-,43-,46+/m0/s1. The van der Waals surface area contributed by atoms with E-state index in [0.717, 1.165) is 62.6 Å². The third-order valence-corrected chi connectivity index (χ3v) is 12.1. The van der Waals surface area contributed by atoms with E-state index in [4.69, 9.17) is 14.2 Å². The van der Waals surface area contributed by atoms with Gasteiger partial charge in [0.1, 0.15) is 24.4 Å². The van der Waals surface area contributed by atoms with Gasteiger partial charge in [-0.3, -0.25) is 14.6 Å². The number of nitrogens with zero attached hydrogens (tertiary/aromatic N) is 2. The van der Waals surface area contributed by atoms with Gasteiger partial charge >= 0.3 is 5.97 Å². The molecule has 2 amide bonds. The van der Waals surface area contributed by atoms with Crippen molar-refractivity contribution in [1.82, 2.24) is 15.2 Å². The monoisotopic (exact) mass is 793 g/mol. The molecule has 2 N–H and O–H groups in total. The number of pyridine rings is 1. The van der Waals surface area contributed by atoms with Crippen LogP contribution in [0.5, 0.6) is 17.2 Å². The highest BCUT2D eigenvalue weighted by Crippen LogP contribution is 2.41. The maximum atomic E-state index is 14.2. The third kappa shape index (κ3) is 8.97. The first-order valence-electron chi connectivity index (χ1n) is 20.7. The number of hydrogen-bond donors (Lipinski definition) is 2. The first-order chi connectivity index (χ1) is 28.6. The van der Waals surface area contributed by atoms with Crippen LogP contribution < -0.4 is 19.5 Å². The summed E-state index contributed by atoms with van der Waals surface area (Å²) in [6, 6.07) is 26.5. The Morgan fingerprint density at radius 1 is 0.898 bits per heavy atom. The smallest absolute Gasteiger partial charge is 0.326 e. The number of rotatable bonds is 11. The molecule has 3 heterocycles. The van der Waals surface area contributed by atoms with Crippen molar-refractivity contribution >= 4 is 17.8 Å². The molecule has 1 fully saturated rings. The molecule has 4 aromatic carbocycles. The van der Waals surface area contributed by atoms with E-state index in [1.165, 1.54) is 32.1 Å². The molecule has 10 heteroatoms. The van der Waals surface area contributed by atoms with Crippen LogP contribution in [0, 0.1) is 26.7 Å². The van der Waals surface area contributed by atoms with Crippen LogP contribution in [0.25, 0.3) is 11.1 Å². The summed E-state index contributed by atoms with van der Waals surface area (Å²) in [5.41, 5.74) is 8.83. The lowest BCUT2D eigenvalue weighted by atomic mass is 9.90. The average Bonchev–Trinajstić information content (AvgIpc) is 3.25. The normalized spacial score (nSPS) is 18.1. The number of hydrogen-bond acceptors (Lipinski definition) is 7. The molecule has 1 aliphatic carbocycles. The fraction of sp³-hybridized carbons (Fsp3) is 0.347. The highest BCUT2D eigenvalue weighted by molar-refractivity contribution is 5.98. The molecule has 3 aliphatic rings. The summed E-state index contributed by atoms with van der Waals surface area (Å²) in [6.45, 7) is 7.08. The van der Waals surface area contributed by atoms with Gasteiger partial charge in [0.25, 0.3) is 5.91 Å². The van der Waals surface area contributed by atoms with Gasteiger partial charge in [-0.05, 0) is 121 Å². The molecular formula is C49H51N3O7. The van der Waals surface area contributed by atoms with Gasteiger partial charge in [0.05, 0.1) is 6.61 Å². The molecule has 8 rings (SSSR count). The van der Waals surface area contributed by atoms with Crippen LogP contribution in [-0.4, -0.2) is 58.1 Å². The maximum absolute atomic E-state index is 14.2. The maximum Gasteiger partial charge on any atom is 0.326 e. The van der Waals surface area contributed by atoms with E-state index in [-0.39, 0.29) is 31.4 Å². The van der Waals surface area contributed by atoms with Gasteiger partial charge in [-0.25, -0.2) is 4.79 Å². The molecule has 304 valence electrons. The molecule has 0 radical (unpaired) electrons. The van der Waals surface area contributed by atoms with Crippen LogP contribution in [-0.2, 0) is 29.0 Å². The van der Waals surface area contributed by atoms with E-state index in [2.05, 4.69) is 10.3 Å². The third-order valence-electron chi connectivity index (χ3n) is 12.1. The molecule has 10 nitrogen and oxygen atoms in total. The Kier molecular flexibility index (Phi) is 11.7. The topological polar surface area (TPSA) is 127 Å². The number of carboxylic acids is 1. The summed E-state index contributed by atoms with van der Waals surface area (Å²) >= 11 is 0. The van der Waals surface area contributed by atoms with E-state index in [1.54, 1.807) is 23.2 Å². The Balaban J connectivity index is 0.992. The van der Waals surface area contributed by atoms with Crippen LogP contribution >= 0.6 is 0 Å². The molecule has 0 spiro atoms. The Labute approximate surface area is 345 Å². The highest BCUT2D eigenvalue weighted by Gasteiger charge is 2.38.